The fraction of sp³-hybridized carbons (Fsp3) is 0. The lowest BCUT2D eigenvalue weighted by atomic mass is 9.98. The van der Waals surface area contributed by atoms with Crippen molar-refractivity contribution in [2.75, 3.05) is 0 Å². The molecule has 0 amide bonds. The second kappa shape index (κ2) is 6.51. The number of hydrogen-bond donors (Lipinski definition) is 0. The van der Waals surface area contributed by atoms with Crippen LogP contribution in [0, 0.1) is 0 Å². The summed E-state index contributed by atoms with van der Waals surface area (Å²) < 4.78 is 0. The summed E-state index contributed by atoms with van der Waals surface area (Å²) in [6, 6.07) is 31.9. The zero-order chi connectivity index (χ0) is 16.2. The number of pyridine rings is 1. The van der Waals surface area contributed by atoms with Crippen molar-refractivity contribution in [2.24, 2.45) is 0 Å². The zero-order valence-electron chi connectivity index (χ0n) is 13.3. The van der Waals surface area contributed by atoms with Crippen LogP contribution in [0.2, 0.25) is 0 Å². The van der Waals surface area contributed by atoms with Crippen LogP contribution in [0.3, 0.4) is 0 Å². The molecule has 0 aliphatic heterocycles. The number of benzene rings is 3. The highest BCUT2D eigenvalue weighted by Gasteiger charge is 2.01. The van der Waals surface area contributed by atoms with Gasteiger partial charge in [-0.2, -0.15) is 0 Å². The minimum Gasteiger partial charge on any atom is -0.265 e. The van der Waals surface area contributed by atoms with Gasteiger partial charge in [-0.05, 0) is 45.5 Å². The molecule has 0 saturated carbocycles. The standard InChI is InChI=1S/C23H17N/c1-2-4-18(5-3-1)19-6-8-20(9-7-19)21-10-12-22(13-11-21)23-14-16-24-17-15-23/h1-17H. The molecule has 0 saturated heterocycles. The third-order valence-corrected chi connectivity index (χ3v) is 4.22. The van der Waals surface area contributed by atoms with Gasteiger partial charge < -0.3 is 0 Å². The molecule has 0 radical (unpaired) electrons. The average Bonchev–Trinajstić information content (AvgIpc) is 2.70. The van der Waals surface area contributed by atoms with E-state index in [9.17, 15) is 0 Å². The van der Waals surface area contributed by atoms with E-state index in [1.165, 1.54) is 33.4 Å². The molecule has 0 fully saturated rings. The zero-order valence-corrected chi connectivity index (χ0v) is 13.3. The summed E-state index contributed by atoms with van der Waals surface area (Å²) in [5.41, 5.74) is 7.35. The van der Waals surface area contributed by atoms with E-state index in [-0.39, 0.29) is 0 Å². The van der Waals surface area contributed by atoms with Gasteiger partial charge in [-0.3, -0.25) is 4.98 Å². The van der Waals surface area contributed by atoms with Gasteiger partial charge in [0.05, 0.1) is 0 Å². The van der Waals surface area contributed by atoms with Crippen LogP contribution in [0.1, 0.15) is 0 Å². The first-order chi connectivity index (χ1) is 11.9. The maximum Gasteiger partial charge on any atom is 0.0273 e. The Morgan fingerprint density at radius 2 is 0.667 bits per heavy atom. The molecule has 0 spiro atoms. The van der Waals surface area contributed by atoms with Crippen molar-refractivity contribution in [1.29, 1.82) is 0 Å². The van der Waals surface area contributed by atoms with E-state index in [0.29, 0.717) is 0 Å². The average molecular weight is 307 g/mol. The van der Waals surface area contributed by atoms with Crippen molar-refractivity contribution in [3.63, 3.8) is 0 Å². The van der Waals surface area contributed by atoms with Gasteiger partial charge in [-0.15, -0.1) is 0 Å². The summed E-state index contributed by atoms with van der Waals surface area (Å²) >= 11 is 0. The molecule has 0 bridgehead atoms. The van der Waals surface area contributed by atoms with Crippen LogP contribution in [-0.2, 0) is 0 Å². The molecule has 1 nitrogen and oxygen atoms in total. The molecule has 0 aliphatic rings. The first kappa shape index (κ1) is 14.4. The van der Waals surface area contributed by atoms with Crippen molar-refractivity contribution in [3.05, 3.63) is 103 Å². The van der Waals surface area contributed by atoms with Gasteiger partial charge >= 0.3 is 0 Å². The van der Waals surface area contributed by atoms with Gasteiger partial charge in [0.25, 0.3) is 0 Å². The highest BCUT2D eigenvalue weighted by molar-refractivity contribution is 5.73. The van der Waals surface area contributed by atoms with Gasteiger partial charge in [-0.25, -0.2) is 0 Å². The highest BCUT2D eigenvalue weighted by atomic mass is 14.6. The Morgan fingerprint density at radius 1 is 0.333 bits per heavy atom. The first-order valence-electron chi connectivity index (χ1n) is 8.06. The summed E-state index contributed by atoms with van der Waals surface area (Å²) in [4.78, 5) is 4.07. The summed E-state index contributed by atoms with van der Waals surface area (Å²) in [6.45, 7) is 0. The minimum atomic E-state index is 1.19. The Bertz CT molecular complexity index is 828. The van der Waals surface area contributed by atoms with Crippen molar-refractivity contribution in [3.8, 4) is 33.4 Å². The summed E-state index contributed by atoms with van der Waals surface area (Å²) in [6.07, 6.45) is 3.65. The molecule has 4 rings (SSSR count). The lowest BCUT2D eigenvalue weighted by Crippen LogP contribution is -1.82. The van der Waals surface area contributed by atoms with Crippen LogP contribution in [0.15, 0.2) is 103 Å². The second-order valence-corrected chi connectivity index (χ2v) is 5.76. The minimum absolute atomic E-state index is 1.19. The fourth-order valence-corrected chi connectivity index (χ4v) is 2.89. The molecule has 1 aromatic heterocycles. The number of aromatic nitrogens is 1. The smallest absolute Gasteiger partial charge is 0.0273 e. The topological polar surface area (TPSA) is 12.9 Å². The van der Waals surface area contributed by atoms with E-state index < -0.39 is 0 Å². The van der Waals surface area contributed by atoms with E-state index in [1.54, 1.807) is 0 Å². The van der Waals surface area contributed by atoms with Crippen LogP contribution in [0.25, 0.3) is 33.4 Å². The van der Waals surface area contributed by atoms with E-state index in [1.807, 2.05) is 30.6 Å². The van der Waals surface area contributed by atoms with E-state index in [0.717, 1.165) is 0 Å². The van der Waals surface area contributed by atoms with E-state index in [2.05, 4.69) is 77.8 Å². The van der Waals surface area contributed by atoms with E-state index >= 15 is 0 Å². The molecule has 0 aliphatic carbocycles. The first-order valence-corrected chi connectivity index (χ1v) is 8.06. The van der Waals surface area contributed by atoms with Crippen molar-refractivity contribution in [2.45, 2.75) is 0 Å². The summed E-state index contributed by atoms with van der Waals surface area (Å²) in [5.74, 6) is 0. The van der Waals surface area contributed by atoms with Gasteiger partial charge in [0.15, 0.2) is 0 Å². The second-order valence-electron chi connectivity index (χ2n) is 5.76. The Hall–Kier alpha value is -3.19. The van der Waals surface area contributed by atoms with Crippen LogP contribution >= 0.6 is 0 Å². The predicted molar refractivity (Wildman–Crippen MR) is 101 cm³/mol. The maximum atomic E-state index is 4.07. The fourth-order valence-electron chi connectivity index (χ4n) is 2.89. The van der Waals surface area contributed by atoms with Gasteiger partial charge in [0.2, 0.25) is 0 Å². The van der Waals surface area contributed by atoms with Crippen molar-refractivity contribution in [1.82, 2.24) is 4.98 Å². The van der Waals surface area contributed by atoms with Crippen molar-refractivity contribution < 1.29 is 0 Å². The molecule has 0 atom stereocenters. The van der Waals surface area contributed by atoms with Crippen LogP contribution < -0.4 is 0 Å². The lowest BCUT2D eigenvalue weighted by molar-refractivity contribution is 1.33. The molecule has 24 heavy (non-hydrogen) atoms. The SMILES string of the molecule is c1ccc(-c2ccc(-c3ccc(-c4ccncc4)cc3)cc2)cc1. The van der Waals surface area contributed by atoms with Gasteiger partial charge in [-0.1, -0.05) is 78.9 Å². The Labute approximate surface area is 142 Å². The molecule has 0 N–H and O–H groups in total. The molecule has 1 heteroatoms. The number of hydrogen-bond acceptors (Lipinski definition) is 1. The van der Waals surface area contributed by atoms with Gasteiger partial charge in [0.1, 0.15) is 0 Å². The Kier molecular flexibility index (Phi) is 3.91. The molecular formula is C23H17N. The molecular weight excluding hydrogens is 290 g/mol. The predicted octanol–water partition coefficient (Wildman–Crippen LogP) is 6.08. The van der Waals surface area contributed by atoms with Crippen LogP contribution in [0.5, 0.6) is 0 Å². The highest BCUT2D eigenvalue weighted by Crippen LogP contribution is 2.27. The molecule has 1 heterocycles. The molecule has 0 unspecified atom stereocenters. The molecule has 3 aromatic carbocycles. The Balaban J connectivity index is 1.60. The monoisotopic (exact) mass is 307 g/mol. The third kappa shape index (κ3) is 2.97. The molecule has 114 valence electrons. The molecule has 4 aromatic rings. The lowest BCUT2D eigenvalue weighted by Gasteiger charge is -2.07. The van der Waals surface area contributed by atoms with Gasteiger partial charge in [0, 0.05) is 12.4 Å². The Morgan fingerprint density at radius 3 is 1.08 bits per heavy atom. The van der Waals surface area contributed by atoms with Crippen LogP contribution in [0.4, 0.5) is 0 Å². The summed E-state index contributed by atoms with van der Waals surface area (Å²) in [7, 11) is 0. The summed E-state index contributed by atoms with van der Waals surface area (Å²) in [5, 5.41) is 0. The quantitative estimate of drug-likeness (QED) is 0.447. The van der Waals surface area contributed by atoms with Crippen molar-refractivity contribution >= 4 is 0 Å². The number of rotatable bonds is 3. The third-order valence-electron chi connectivity index (χ3n) is 4.22. The van der Waals surface area contributed by atoms with Crippen LogP contribution in [-0.4, -0.2) is 4.98 Å². The maximum absolute atomic E-state index is 4.07. The largest absolute Gasteiger partial charge is 0.265 e. The van der Waals surface area contributed by atoms with E-state index in [4.69, 9.17) is 0 Å². The normalized spacial score (nSPS) is 10.5. The number of nitrogens with zero attached hydrogens (tertiary/aromatic N) is 1.